The summed E-state index contributed by atoms with van der Waals surface area (Å²) in [6.07, 6.45) is 1.57. The number of carbonyl (C=O) groups is 1. The van der Waals surface area contributed by atoms with Crippen molar-refractivity contribution < 1.29 is 13.6 Å². The molecule has 0 aliphatic heterocycles. The van der Waals surface area contributed by atoms with Crippen molar-refractivity contribution in [2.45, 2.75) is 26.9 Å². The van der Waals surface area contributed by atoms with Gasteiger partial charge in [0.15, 0.2) is 11.2 Å². The predicted molar refractivity (Wildman–Crippen MR) is 125 cm³/mol. The average Bonchev–Trinajstić information content (AvgIpc) is 3.25. The second-order valence-electron chi connectivity index (χ2n) is 8.23. The summed E-state index contributed by atoms with van der Waals surface area (Å²) in [6.45, 7) is 4.41. The maximum atomic E-state index is 13.5. The Morgan fingerprint density at radius 2 is 1.72 bits per heavy atom. The Bertz CT molecular complexity index is 1300. The Morgan fingerprint density at radius 1 is 0.969 bits per heavy atom. The van der Waals surface area contributed by atoms with Crippen LogP contribution in [0, 0.1) is 13.8 Å². The highest BCUT2D eigenvalue weighted by atomic mass is 16.3. The van der Waals surface area contributed by atoms with Crippen molar-refractivity contribution in [2.24, 2.45) is 0 Å². The van der Waals surface area contributed by atoms with Crippen molar-refractivity contribution in [2.75, 3.05) is 19.0 Å². The standard InChI is InChI=1S/C26H26N2O4/c1-17-12-18(2)25-22(29)14-24(32-23(25)13-17)26(30)28(16-21-6-5-11-31-21)15-19-7-9-20(10-8-19)27(3)4/h5-14H,15-16H2,1-4H3. The van der Waals surface area contributed by atoms with Crippen LogP contribution in [0.5, 0.6) is 0 Å². The molecule has 0 aliphatic carbocycles. The summed E-state index contributed by atoms with van der Waals surface area (Å²) in [5.74, 6) is 0.304. The maximum absolute atomic E-state index is 13.5. The molecular formula is C26H26N2O4. The van der Waals surface area contributed by atoms with Gasteiger partial charge in [0.05, 0.1) is 18.2 Å². The van der Waals surface area contributed by atoms with Gasteiger partial charge in [-0.25, -0.2) is 0 Å². The number of nitrogens with zero attached hydrogens (tertiary/aromatic N) is 2. The molecule has 2 aromatic heterocycles. The van der Waals surface area contributed by atoms with Crippen LogP contribution in [0.15, 0.2) is 74.5 Å². The molecule has 4 aromatic rings. The molecule has 32 heavy (non-hydrogen) atoms. The quantitative estimate of drug-likeness (QED) is 0.435. The smallest absolute Gasteiger partial charge is 0.290 e. The zero-order chi connectivity index (χ0) is 22.8. The normalized spacial score (nSPS) is 11.0. The van der Waals surface area contributed by atoms with Gasteiger partial charge < -0.3 is 18.6 Å². The van der Waals surface area contributed by atoms with E-state index in [9.17, 15) is 9.59 Å². The van der Waals surface area contributed by atoms with Crippen LogP contribution in [-0.4, -0.2) is 24.9 Å². The third-order valence-corrected chi connectivity index (χ3v) is 5.42. The molecule has 164 valence electrons. The summed E-state index contributed by atoms with van der Waals surface area (Å²) < 4.78 is 11.4. The highest BCUT2D eigenvalue weighted by molar-refractivity contribution is 5.93. The first kappa shape index (κ1) is 21.4. The second-order valence-corrected chi connectivity index (χ2v) is 8.23. The molecule has 0 atom stereocenters. The lowest BCUT2D eigenvalue weighted by Crippen LogP contribution is -2.30. The molecule has 4 rings (SSSR count). The molecule has 0 unspecified atom stereocenters. The van der Waals surface area contributed by atoms with Crippen LogP contribution < -0.4 is 10.3 Å². The highest BCUT2D eigenvalue weighted by Gasteiger charge is 2.22. The minimum Gasteiger partial charge on any atom is -0.467 e. The first-order chi connectivity index (χ1) is 15.3. The average molecular weight is 431 g/mol. The van der Waals surface area contributed by atoms with Gasteiger partial charge in [-0.2, -0.15) is 0 Å². The summed E-state index contributed by atoms with van der Waals surface area (Å²) in [4.78, 5) is 29.9. The molecule has 0 spiro atoms. The second kappa shape index (κ2) is 8.75. The largest absolute Gasteiger partial charge is 0.467 e. The fourth-order valence-corrected chi connectivity index (χ4v) is 3.84. The summed E-state index contributed by atoms with van der Waals surface area (Å²) in [5, 5.41) is 0.504. The first-order valence-electron chi connectivity index (χ1n) is 10.4. The van der Waals surface area contributed by atoms with Crippen LogP contribution in [0.1, 0.15) is 33.0 Å². The van der Waals surface area contributed by atoms with Crippen molar-refractivity contribution in [3.8, 4) is 0 Å². The number of hydrogen-bond acceptors (Lipinski definition) is 5. The van der Waals surface area contributed by atoms with E-state index in [0.717, 1.165) is 22.4 Å². The lowest BCUT2D eigenvalue weighted by atomic mass is 10.1. The van der Waals surface area contributed by atoms with Crippen molar-refractivity contribution in [3.63, 3.8) is 0 Å². The molecule has 0 saturated heterocycles. The van der Waals surface area contributed by atoms with Gasteiger partial charge in [-0.3, -0.25) is 9.59 Å². The number of furan rings is 1. The van der Waals surface area contributed by atoms with Crippen molar-refractivity contribution >= 4 is 22.6 Å². The third kappa shape index (κ3) is 4.44. The number of benzene rings is 2. The van der Waals surface area contributed by atoms with Crippen LogP contribution in [0.25, 0.3) is 11.0 Å². The molecule has 0 bridgehead atoms. The monoisotopic (exact) mass is 430 g/mol. The van der Waals surface area contributed by atoms with E-state index in [1.807, 2.05) is 69.2 Å². The maximum Gasteiger partial charge on any atom is 0.290 e. The summed E-state index contributed by atoms with van der Waals surface area (Å²) in [7, 11) is 3.96. The molecule has 1 amide bonds. The van der Waals surface area contributed by atoms with Crippen LogP contribution in [0.3, 0.4) is 0 Å². The predicted octanol–water partition coefficient (Wildman–Crippen LogP) is 4.91. The van der Waals surface area contributed by atoms with Crippen LogP contribution in [0.4, 0.5) is 5.69 Å². The molecule has 2 heterocycles. The van der Waals surface area contributed by atoms with Crippen LogP contribution in [0.2, 0.25) is 0 Å². The number of carbonyl (C=O) groups excluding carboxylic acids is 1. The lowest BCUT2D eigenvalue weighted by Gasteiger charge is -2.22. The Hall–Kier alpha value is -3.80. The summed E-state index contributed by atoms with van der Waals surface area (Å²) >= 11 is 0. The Kier molecular flexibility index (Phi) is 5.86. The zero-order valence-electron chi connectivity index (χ0n) is 18.7. The van der Waals surface area contributed by atoms with Gasteiger partial charge in [-0.1, -0.05) is 18.2 Å². The number of anilines is 1. The van der Waals surface area contributed by atoms with Crippen LogP contribution in [-0.2, 0) is 13.1 Å². The molecule has 0 radical (unpaired) electrons. The Labute approximate surface area is 186 Å². The molecule has 2 aromatic carbocycles. The number of aryl methyl sites for hydroxylation is 2. The van der Waals surface area contributed by atoms with Gasteiger partial charge in [-0.15, -0.1) is 0 Å². The van der Waals surface area contributed by atoms with E-state index in [1.54, 1.807) is 23.3 Å². The Balaban J connectivity index is 1.70. The van der Waals surface area contributed by atoms with Gasteiger partial charge in [0.25, 0.3) is 5.91 Å². The van der Waals surface area contributed by atoms with Crippen molar-refractivity contribution in [1.82, 2.24) is 4.90 Å². The SMILES string of the molecule is Cc1cc(C)c2c(=O)cc(C(=O)N(Cc3ccc(N(C)C)cc3)Cc3ccco3)oc2c1. The van der Waals surface area contributed by atoms with Crippen molar-refractivity contribution in [3.05, 3.63) is 99.3 Å². The topological polar surface area (TPSA) is 66.9 Å². The van der Waals surface area contributed by atoms with E-state index in [0.29, 0.717) is 23.3 Å². The van der Waals surface area contributed by atoms with E-state index in [1.165, 1.54) is 6.07 Å². The highest BCUT2D eigenvalue weighted by Crippen LogP contribution is 2.21. The van der Waals surface area contributed by atoms with E-state index in [-0.39, 0.29) is 23.6 Å². The minimum absolute atomic E-state index is 0.0176. The lowest BCUT2D eigenvalue weighted by molar-refractivity contribution is 0.0686. The third-order valence-electron chi connectivity index (χ3n) is 5.42. The van der Waals surface area contributed by atoms with E-state index in [2.05, 4.69) is 0 Å². The molecule has 0 saturated carbocycles. The Morgan fingerprint density at radius 3 is 2.38 bits per heavy atom. The van der Waals surface area contributed by atoms with Gasteiger partial charge >= 0.3 is 0 Å². The molecule has 0 aliphatic rings. The number of fused-ring (bicyclic) bond motifs is 1. The number of rotatable bonds is 6. The van der Waals surface area contributed by atoms with E-state index < -0.39 is 0 Å². The molecule has 6 nitrogen and oxygen atoms in total. The molecular weight excluding hydrogens is 404 g/mol. The zero-order valence-corrected chi connectivity index (χ0v) is 18.7. The fraction of sp³-hybridized carbons (Fsp3) is 0.231. The molecule has 0 fully saturated rings. The van der Waals surface area contributed by atoms with Gasteiger partial charge in [0.2, 0.25) is 0 Å². The van der Waals surface area contributed by atoms with Crippen LogP contribution >= 0.6 is 0 Å². The minimum atomic E-state index is -0.365. The summed E-state index contributed by atoms with van der Waals surface area (Å²) in [5.41, 5.74) is 4.04. The fourth-order valence-electron chi connectivity index (χ4n) is 3.84. The first-order valence-corrected chi connectivity index (χ1v) is 10.4. The number of amides is 1. The molecule has 0 N–H and O–H groups in total. The van der Waals surface area contributed by atoms with Crippen molar-refractivity contribution in [1.29, 1.82) is 0 Å². The number of hydrogen-bond donors (Lipinski definition) is 0. The van der Waals surface area contributed by atoms with E-state index in [4.69, 9.17) is 8.83 Å². The summed E-state index contributed by atoms with van der Waals surface area (Å²) in [6, 6.07) is 16.6. The molecule has 6 heteroatoms. The van der Waals surface area contributed by atoms with Gasteiger partial charge in [-0.05, 0) is 60.9 Å². The van der Waals surface area contributed by atoms with Gasteiger partial charge in [0.1, 0.15) is 11.3 Å². The van der Waals surface area contributed by atoms with Gasteiger partial charge in [0, 0.05) is 32.4 Å². The van der Waals surface area contributed by atoms with E-state index >= 15 is 0 Å².